The van der Waals surface area contributed by atoms with Gasteiger partial charge in [-0.05, 0) is 6.42 Å². The molecule has 0 radical (unpaired) electrons. The quantitative estimate of drug-likeness (QED) is 0.474. The highest BCUT2D eigenvalue weighted by Crippen LogP contribution is 2.38. The van der Waals surface area contributed by atoms with Gasteiger partial charge in [0.25, 0.3) is 0 Å². The summed E-state index contributed by atoms with van der Waals surface area (Å²) in [6.07, 6.45) is 0.684. The predicted molar refractivity (Wildman–Crippen MR) is 29.2 cm³/mol. The van der Waals surface area contributed by atoms with Crippen LogP contribution in [0, 0.1) is 23.2 Å². The van der Waals surface area contributed by atoms with Crippen molar-refractivity contribution in [3.05, 3.63) is 0 Å². The maximum absolute atomic E-state index is 10.6. The van der Waals surface area contributed by atoms with Crippen LogP contribution in [0.5, 0.6) is 0 Å². The van der Waals surface area contributed by atoms with Crippen molar-refractivity contribution in [3.63, 3.8) is 0 Å². The van der Waals surface area contributed by atoms with Crippen LogP contribution in [0.3, 0.4) is 0 Å². The van der Waals surface area contributed by atoms with E-state index in [9.17, 15) is 4.79 Å². The summed E-state index contributed by atoms with van der Waals surface area (Å²) in [5, 5.41) is 8.26. The molecule has 0 aromatic heterocycles. The van der Waals surface area contributed by atoms with Gasteiger partial charge in [0.05, 0.1) is 25.0 Å². The maximum atomic E-state index is 10.6. The lowest BCUT2D eigenvalue weighted by atomic mass is 10.3. The average Bonchev–Trinajstić information content (AvgIpc) is 2.64. The first-order chi connectivity index (χ1) is 4.29. The van der Waals surface area contributed by atoms with E-state index in [4.69, 9.17) is 5.26 Å². The molecule has 0 aromatic rings. The molecule has 48 valence electrons. The summed E-state index contributed by atoms with van der Waals surface area (Å²) in [6, 6.07) is 2.00. The van der Waals surface area contributed by atoms with Gasteiger partial charge in [-0.15, -0.1) is 0 Å². The molecule has 0 bridgehead atoms. The molecular formula is C6H7NO2. The molecule has 1 aliphatic carbocycles. The molecule has 3 heteroatoms. The van der Waals surface area contributed by atoms with Crippen LogP contribution in [0.2, 0.25) is 0 Å². The first kappa shape index (κ1) is 6.09. The number of carbonyl (C=O) groups excluding carboxylic acids is 1. The van der Waals surface area contributed by atoms with Gasteiger partial charge in [0.2, 0.25) is 0 Å². The van der Waals surface area contributed by atoms with Crippen LogP contribution in [-0.4, -0.2) is 13.1 Å². The second kappa shape index (κ2) is 2.06. The van der Waals surface area contributed by atoms with Crippen molar-refractivity contribution in [1.82, 2.24) is 0 Å². The molecule has 0 unspecified atom stereocenters. The zero-order chi connectivity index (χ0) is 6.85. The molecule has 0 saturated heterocycles. The van der Waals surface area contributed by atoms with Gasteiger partial charge < -0.3 is 4.74 Å². The molecule has 0 amide bonds. The van der Waals surface area contributed by atoms with Crippen molar-refractivity contribution in [2.75, 3.05) is 7.11 Å². The summed E-state index contributed by atoms with van der Waals surface area (Å²) in [7, 11) is 1.34. The summed E-state index contributed by atoms with van der Waals surface area (Å²) in [5.41, 5.74) is 0. The lowest BCUT2D eigenvalue weighted by Gasteiger charge is -1.90. The Morgan fingerprint density at radius 3 is 2.89 bits per heavy atom. The minimum atomic E-state index is -0.249. The van der Waals surface area contributed by atoms with Crippen LogP contribution in [0.4, 0.5) is 0 Å². The fraction of sp³-hybridized carbons (Fsp3) is 0.667. The van der Waals surface area contributed by atoms with Crippen LogP contribution >= 0.6 is 0 Å². The number of hydrogen-bond donors (Lipinski definition) is 0. The van der Waals surface area contributed by atoms with E-state index in [1.165, 1.54) is 7.11 Å². The van der Waals surface area contributed by atoms with E-state index in [1.54, 1.807) is 0 Å². The number of methoxy groups -OCH3 is 1. The zero-order valence-electron chi connectivity index (χ0n) is 5.13. The lowest BCUT2D eigenvalue weighted by molar-refractivity contribution is -0.142. The van der Waals surface area contributed by atoms with E-state index in [0.29, 0.717) is 6.42 Å². The second-order valence-corrected chi connectivity index (χ2v) is 2.10. The first-order valence-electron chi connectivity index (χ1n) is 2.77. The van der Waals surface area contributed by atoms with Gasteiger partial charge in [0.15, 0.2) is 0 Å². The number of ether oxygens (including phenoxy) is 1. The van der Waals surface area contributed by atoms with E-state index in [2.05, 4.69) is 4.74 Å². The third-order valence-electron chi connectivity index (χ3n) is 1.46. The third kappa shape index (κ3) is 1.02. The Kier molecular flexibility index (Phi) is 1.39. The summed E-state index contributed by atoms with van der Waals surface area (Å²) >= 11 is 0. The SMILES string of the molecule is COC(=O)[C@H]1C[C@@H]1C#N. The number of nitriles is 1. The van der Waals surface area contributed by atoms with E-state index in [1.807, 2.05) is 6.07 Å². The van der Waals surface area contributed by atoms with Gasteiger partial charge in [-0.1, -0.05) is 0 Å². The van der Waals surface area contributed by atoms with Crippen molar-refractivity contribution in [1.29, 1.82) is 5.26 Å². The highest BCUT2D eigenvalue weighted by atomic mass is 16.5. The smallest absolute Gasteiger partial charge is 0.310 e. The molecule has 0 aromatic carbocycles. The molecule has 0 spiro atoms. The van der Waals surface area contributed by atoms with E-state index >= 15 is 0 Å². The molecule has 1 saturated carbocycles. The summed E-state index contributed by atoms with van der Waals surface area (Å²) in [4.78, 5) is 10.6. The molecule has 2 atom stereocenters. The lowest BCUT2D eigenvalue weighted by Crippen LogP contribution is -2.03. The Labute approximate surface area is 53.2 Å². The fourth-order valence-corrected chi connectivity index (χ4v) is 0.750. The number of nitrogens with zero attached hydrogens (tertiary/aromatic N) is 1. The summed E-state index contributed by atoms with van der Waals surface area (Å²) in [6.45, 7) is 0. The highest BCUT2D eigenvalue weighted by molar-refractivity contribution is 5.76. The van der Waals surface area contributed by atoms with Gasteiger partial charge in [0, 0.05) is 0 Å². The topological polar surface area (TPSA) is 50.1 Å². The van der Waals surface area contributed by atoms with Crippen molar-refractivity contribution in [2.45, 2.75) is 6.42 Å². The average molecular weight is 125 g/mol. The third-order valence-corrected chi connectivity index (χ3v) is 1.46. The van der Waals surface area contributed by atoms with Crippen LogP contribution < -0.4 is 0 Å². The van der Waals surface area contributed by atoms with Gasteiger partial charge in [-0.25, -0.2) is 0 Å². The molecule has 0 heterocycles. The first-order valence-corrected chi connectivity index (χ1v) is 2.77. The molecule has 1 fully saturated rings. The number of carbonyl (C=O) groups is 1. The van der Waals surface area contributed by atoms with Gasteiger partial charge in [-0.3, -0.25) is 4.79 Å². The molecule has 9 heavy (non-hydrogen) atoms. The van der Waals surface area contributed by atoms with Gasteiger partial charge in [-0.2, -0.15) is 5.26 Å². The predicted octanol–water partition coefficient (Wildman–Crippen LogP) is 0.319. The Morgan fingerprint density at radius 1 is 1.89 bits per heavy atom. The fourth-order valence-electron chi connectivity index (χ4n) is 0.750. The number of esters is 1. The van der Waals surface area contributed by atoms with Crippen LogP contribution in [-0.2, 0) is 9.53 Å². The largest absolute Gasteiger partial charge is 0.469 e. The van der Waals surface area contributed by atoms with Crippen molar-refractivity contribution in [2.24, 2.45) is 11.8 Å². The van der Waals surface area contributed by atoms with Crippen LogP contribution in [0.25, 0.3) is 0 Å². The molecule has 3 nitrogen and oxygen atoms in total. The number of hydrogen-bond acceptors (Lipinski definition) is 3. The Hall–Kier alpha value is -1.04. The van der Waals surface area contributed by atoms with Gasteiger partial charge in [0.1, 0.15) is 0 Å². The van der Waals surface area contributed by atoms with Crippen molar-refractivity contribution >= 4 is 5.97 Å². The normalized spacial score (nSPS) is 30.7. The highest BCUT2D eigenvalue weighted by Gasteiger charge is 2.44. The van der Waals surface area contributed by atoms with Crippen molar-refractivity contribution < 1.29 is 9.53 Å². The number of rotatable bonds is 1. The monoisotopic (exact) mass is 125 g/mol. The van der Waals surface area contributed by atoms with E-state index in [-0.39, 0.29) is 17.8 Å². The molecule has 1 aliphatic rings. The molecule has 0 N–H and O–H groups in total. The standard InChI is InChI=1S/C6H7NO2/c1-9-6(8)5-2-4(5)3-7/h4-5H,2H2,1H3/t4-,5+/m1/s1. The Balaban J connectivity index is 2.36. The minimum absolute atomic E-state index is 0.0718. The Bertz CT molecular complexity index is 170. The van der Waals surface area contributed by atoms with Crippen molar-refractivity contribution in [3.8, 4) is 6.07 Å². The zero-order valence-corrected chi connectivity index (χ0v) is 5.13. The molecule has 0 aliphatic heterocycles. The Morgan fingerprint density at radius 2 is 2.56 bits per heavy atom. The summed E-state index contributed by atoms with van der Waals surface area (Å²) < 4.78 is 4.42. The molecular weight excluding hydrogens is 118 g/mol. The second-order valence-electron chi connectivity index (χ2n) is 2.10. The van der Waals surface area contributed by atoms with E-state index in [0.717, 1.165) is 0 Å². The van der Waals surface area contributed by atoms with Gasteiger partial charge >= 0.3 is 5.97 Å². The van der Waals surface area contributed by atoms with E-state index < -0.39 is 0 Å². The van der Waals surface area contributed by atoms with Crippen LogP contribution in [0.1, 0.15) is 6.42 Å². The maximum Gasteiger partial charge on any atom is 0.310 e. The minimum Gasteiger partial charge on any atom is -0.469 e. The van der Waals surface area contributed by atoms with Crippen LogP contribution in [0.15, 0.2) is 0 Å². The summed E-state index contributed by atoms with van der Waals surface area (Å²) in [5.74, 6) is -0.445. The molecule has 1 rings (SSSR count).